The van der Waals surface area contributed by atoms with Crippen LogP contribution in [-0.4, -0.2) is 32.0 Å². The van der Waals surface area contributed by atoms with Crippen LogP contribution < -0.4 is 14.9 Å². The van der Waals surface area contributed by atoms with Gasteiger partial charge in [-0.15, -0.1) is 0 Å². The van der Waals surface area contributed by atoms with Crippen molar-refractivity contribution in [3.63, 3.8) is 0 Å². The first-order valence-corrected chi connectivity index (χ1v) is 10.8. The molecule has 3 rings (SSSR count). The van der Waals surface area contributed by atoms with E-state index in [1.165, 1.54) is 0 Å². The van der Waals surface area contributed by atoms with Crippen LogP contribution in [0.5, 0.6) is 11.5 Å². The second-order valence-corrected chi connectivity index (χ2v) is 9.39. The summed E-state index contributed by atoms with van der Waals surface area (Å²) in [5.74, 6) is 1.69. The van der Waals surface area contributed by atoms with E-state index in [1.54, 1.807) is 7.11 Å². The normalized spacial score (nSPS) is 17.4. The monoisotopic (exact) mass is 460 g/mol. The van der Waals surface area contributed by atoms with Gasteiger partial charge in [0.05, 0.1) is 24.9 Å². The summed E-state index contributed by atoms with van der Waals surface area (Å²) >= 11 is 3.69. The lowest BCUT2D eigenvalue weighted by atomic mass is 9.77. The molecule has 2 aromatic carbocycles. The molecule has 0 N–H and O–H groups in total. The molecular formula is C23H30BBrO4. The summed E-state index contributed by atoms with van der Waals surface area (Å²) in [6, 6.07) is 10.2. The van der Waals surface area contributed by atoms with E-state index in [9.17, 15) is 0 Å². The summed E-state index contributed by atoms with van der Waals surface area (Å²) < 4.78 is 25.3. The van der Waals surface area contributed by atoms with Crippen LogP contribution in [0, 0.1) is 13.8 Å². The fourth-order valence-electron chi connectivity index (χ4n) is 3.40. The van der Waals surface area contributed by atoms with Gasteiger partial charge in [-0.25, -0.2) is 0 Å². The Hall–Kier alpha value is -1.50. The Morgan fingerprint density at radius 3 is 2.28 bits per heavy atom. The van der Waals surface area contributed by atoms with Crippen molar-refractivity contribution in [2.45, 2.75) is 59.2 Å². The average Bonchev–Trinajstić information content (AvgIpc) is 2.87. The fourth-order valence-corrected chi connectivity index (χ4v) is 3.82. The number of methoxy groups -OCH3 is 1. The van der Waals surface area contributed by atoms with E-state index < -0.39 is 7.12 Å². The van der Waals surface area contributed by atoms with E-state index in [-0.39, 0.29) is 11.2 Å². The standard InChI is InChI=1S/C23H30BBrO4/c1-15-9-8-10-19(24-28-22(3,4)23(5,6)29-24)21(15)27-12-11-17-14-18(26-7)13-16(2)20(17)25/h8-10,13-14H,11-12H2,1-7H3. The third-order valence-electron chi connectivity index (χ3n) is 5.91. The topological polar surface area (TPSA) is 36.9 Å². The highest BCUT2D eigenvalue weighted by Crippen LogP contribution is 2.37. The predicted molar refractivity (Wildman–Crippen MR) is 122 cm³/mol. The van der Waals surface area contributed by atoms with Gasteiger partial charge >= 0.3 is 7.12 Å². The van der Waals surface area contributed by atoms with Gasteiger partial charge in [-0.2, -0.15) is 0 Å². The molecule has 0 atom stereocenters. The van der Waals surface area contributed by atoms with Gasteiger partial charge in [-0.3, -0.25) is 0 Å². The minimum absolute atomic E-state index is 0.387. The van der Waals surface area contributed by atoms with Gasteiger partial charge in [-0.1, -0.05) is 34.1 Å². The van der Waals surface area contributed by atoms with Crippen molar-refractivity contribution in [1.82, 2.24) is 0 Å². The molecule has 0 saturated carbocycles. The molecule has 1 aliphatic rings. The molecule has 0 radical (unpaired) electrons. The highest BCUT2D eigenvalue weighted by atomic mass is 79.9. The Balaban J connectivity index is 1.79. The van der Waals surface area contributed by atoms with Crippen LogP contribution in [0.4, 0.5) is 0 Å². The smallest absolute Gasteiger partial charge is 0.497 e. The van der Waals surface area contributed by atoms with E-state index in [0.717, 1.165) is 44.5 Å². The second-order valence-electron chi connectivity index (χ2n) is 8.60. The van der Waals surface area contributed by atoms with Crippen LogP contribution >= 0.6 is 15.9 Å². The van der Waals surface area contributed by atoms with Crippen molar-refractivity contribution in [2.75, 3.05) is 13.7 Å². The maximum Gasteiger partial charge on any atom is 0.498 e. The van der Waals surface area contributed by atoms with Crippen LogP contribution in [0.25, 0.3) is 0 Å². The summed E-state index contributed by atoms with van der Waals surface area (Å²) in [7, 11) is 1.24. The van der Waals surface area contributed by atoms with E-state index >= 15 is 0 Å². The van der Waals surface area contributed by atoms with Crippen LogP contribution in [0.2, 0.25) is 0 Å². The molecular weight excluding hydrogens is 431 g/mol. The first-order valence-electron chi connectivity index (χ1n) is 9.96. The van der Waals surface area contributed by atoms with Gasteiger partial charge in [0.2, 0.25) is 0 Å². The summed E-state index contributed by atoms with van der Waals surface area (Å²) in [5, 5.41) is 0. The molecule has 1 saturated heterocycles. The summed E-state index contributed by atoms with van der Waals surface area (Å²) in [6.45, 7) is 12.9. The zero-order valence-corrected chi connectivity index (χ0v) is 20.0. The minimum atomic E-state index is -0.444. The summed E-state index contributed by atoms with van der Waals surface area (Å²) in [4.78, 5) is 0. The lowest BCUT2D eigenvalue weighted by molar-refractivity contribution is 0.00578. The average molecular weight is 461 g/mol. The van der Waals surface area contributed by atoms with E-state index in [2.05, 4.69) is 63.5 Å². The van der Waals surface area contributed by atoms with Crippen molar-refractivity contribution in [2.24, 2.45) is 0 Å². The first kappa shape index (κ1) is 22.2. The Labute approximate surface area is 183 Å². The fraction of sp³-hybridized carbons (Fsp3) is 0.478. The van der Waals surface area contributed by atoms with E-state index in [1.807, 2.05) is 24.3 Å². The largest absolute Gasteiger partial charge is 0.498 e. The number of ether oxygens (including phenoxy) is 2. The number of hydrogen-bond acceptors (Lipinski definition) is 4. The number of halogens is 1. The van der Waals surface area contributed by atoms with Crippen molar-refractivity contribution < 1.29 is 18.8 Å². The molecule has 156 valence electrons. The lowest BCUT2D eigenvalue weighted by Gasteiger charge is -2.32. The Bertz CT molecular complexity index is 879. The summed E-state index contributed by atoms with van der Waals surface area (Å²) in [6.07, 6.45) is 0.760. The molecule has 1 aliphatic heterocycles. The molecule has 29 heavy (non-hydrogen) atoms. The van der Waals surface area contributed by atoms with Gasteiger partial charge in [0.15, 0.2) is 0 Å². The first-order chi connectivity index (χ1) is 13.6. The highest BCUT2D eigenvalue weighted by molar-refractivity contribution is 9.10. The molecule has 6 heteroatoms. The van der Waals surface area contributed by atoms with Gasteiger partial charge < -0.3 is 18.8 Å². The quantitative estimate of drug-likeness (QED) is 0.568. The molecule has 2 aromatic rings. The number of aryl methyl sites for hydroxylation is 2. The zero-order valence-electron chi connectivity index (χ0n) is 18.4. The molecule has 0 bridgehead atoms. The van der Waals surface area contributed by atoms with Crippen molar-refractivity contribution in [3.05, 3.63) is 51.5 Å². The van der Waals surface area contributed by atoms with Crippen LogP contribution in [-0.2, 0) is 15.7 Å². The Kier molecular flexibility index (Phi) is 6.37. The third-order valence-corrected chi connectivity index (χ3v) is 7.04. The van der Waals surface area contributed by atoms with E-state index in [0.29, 0.717) is 6.61 Å². The number of benzene rings is 2. The molecule has 0 unspecified atom stereocenters. The number of hydrogen-bond donors (Lipinski definition) is 0. The van der Waals surface area contributed by atoms with Crippen LogP contribution in [0.3, 0.4) is 0 Å². The highest BCUT2D eigenvalue weighted by Gasteiger charge is 2.52. The molecule has 0 aromatic heterocycles. The zero-order chi connectivity index (χ0) is 21.4. The maximum absolute atomic E-state index is 6.27. The second kappa shape index (κ2) is 8.33. The molecule has 1 heterocycles. The van der Waals surface area contributed by atoms with Gasteiger partial charge in [0.25, 0.3) is 0 Å². The molecule has 0 aliphatic carbocycles. The van der Waals surface area contributed by atoms with Crippen molar-refractivity contribution >= 4 is 28.5 Å². The molecule has 0 spiro atoms. The van der Waals surface area contributed by atoms with Gasteiger partial charge in [0, 0.05) is 16.4 Å². The minimum Gasteiger partial charge on any atom is -0.497 e. The predicted octanol–water partition coefficient (Wildman–Crippen LogP) is 5.00. The number of para-hydroxylation sites is 1. The van der Waals surface area contributed by atoms with Crippen molar-refractivity contribution in [3.8, 4) is 11.5 Å². The van der Waals surface area contributed by atoms with Crippen molar-refractivity contribution in [1.29, 1.82) is 0 Å². The van der Waals surface area contributed by atoms with Crippen LogP contribution in [0.1, 0.15) is 44.4 Å². The van der Waals surface area contributed by atoms with Gasteiger partial charge in [-0.05, 0) is 70.4 Å². The molecule has 0 amide bonds. The van der Waals surface area contributed by atoms with Gasteiger partial charge in [0.1, 0.15) is 11.5 Å². The molecule has 1 fully saturated rings. The Morgan fingerprint density at radius 1 is 1.00 bits per heavy atom. The number of rotatable bonds is 6. The van der Waals surface area contributed by atoms with Crippen LogP contribution in [0.15, 0.2) is 34.8 Å². The third kappa shape index (κ3) is 4.49. The molecule has 4 nitrogen and oxygen atoms in total. The summed E-state index contributed by atoms with van der Waals surface area (Å²) in [5.41, 5.74) is 3.53. The SMILES string of the molecule is COc1cc(C)c(Br)c(CCOc2c(C)cccc2B2OC(C)(C)C(C)(C)O2)c1. The Morgan fingerprint density at radius 2 is 1.66 bits per heavy atom. The van der Waals surface area contributed by atoms with E-state index in [4.69, 9.17) is 18.8 Å². The lowest BCUT2D eigenvalue weighted by Crippen LogP contribution is -2.41. The maximum atomic E-state index is 6.27.